The number of rotatable bonds is 5. The van der Waals surface area contributed by atoms with Crippen molar-refractivity contribution in [2.45, 2.75) is 26.1 Å². The molecule has 0 aliphatic heterocycles. The van der Waals surface area contributed by atoms with Crippen molar-refractivity contribution < 1.29 is 19.1 Å². The Morgan fingerprint density at radius 2 is 1.74 bits per heavy atom. The number of carbonyl (C=O) groups excluding carboxylic acids is 2. The van der Waals surface area contributed by atoms with Crippen molar-refractivity contribution in [3.63, 3.8) is 0 Å². The molecule has 5 nitrogen and oxygen atoms in total. The molecule has 0 radical (unpaired) electrons. The summed E-state index contributed by atoms with van der Waals surface area (Å²) in [4.78, 5) is 22.6. The van der Waals surface area contributed by atoms with Crippen molar-refractivity contribution in [3.05, 3.63) is 43.0 Å². The van der Waals surface area contributed by atoms with Gasteiger partial charge in [-0.1, -0.05) is 24.8 Å². The standard InChI is InChI=1S/C14H17NO4/c1-4-13(16)18-10(2)11(3)19-14(17)15-12-8-6-5-7-9-12/h4-11H,1H2,2-3H3,(H,15,17). The fourth-order valence-corrected chi connectivity index (χ4v) is 1.26. The van der Waals surface area contributed by atoms with E-state index in [1.54, 1.807) is 38.1 Å². The zero-order valence-electron chi connectivity index (χ0n) is 11.0. The molecule has 1 aromatic rings. The predicted molar refractivity (Wildman–Crippen MR) is 71.8 cm³/mol. The molecule has 0 saturated heterocycles. The molecule has 0 aliphatic carbocycles. The second-order valence-corrected chi connectivity index (χ2v) is 3.95. The molecular weight excluding hydrogens is 246 g/mol. The Kier molecular flexibility index (Phi) is 5.60. The quantitative estimate of drug-likeness (QED) is 0.655. The van der Waals surface area contributed by atoms with Crippen LogP contribution in [0, 0.1) is 0 Å². The van der Waals surface area contributed by atoms with E-state index in [9.17, 15) is 9.59 Å². The van der Waals surface area contributed by atoms with E-state index in [1.807, 2.05) is 6.07 Å². The fraction of sp³-hybridized carbons (Fsp3) is 0.286. The van der Waals surface area contributed by atoms with E-state index in [1.165, 1.54) is 0 Å². The molecule has 1 aromatic carbocycles. The number of ether oxygens (including phenoxy) is 2. The lowest BCUT2D eigenvalue weighted by Crippen LogP contribution is -2.31. The molecule has 2 unspecified atom stereocenters. The van der Waals surface area contributed by atoms with Gasteiger partial charge in [0.05, 0.1) is 0 Å². The van der Waals surface area contributed by atoms with Crippen LogP contribution >= 0.6 is 0 Å². The van der Waals surface area contributed by atoms with Crippen molar-refractivity contribution in [3.8, 4) is 0 Å². The van der Waals surface area contributed by atoms with Crippen LogP contribution in [0.1, 0.15) is 13.8 Å². The molecule has 0 fully saturated rings. The first-order valence-electron chi connectivity index (χ1n) is 5.88. The highest BCUT2D eigenvalue weighted by atomic mass is 16.6. The summed E-state index contributed by atoms with van der Waals surface area (Å²) in [5.74, 6) is -0.550. The number of hydrogen-bond donors (Lipinski definition) is 1. The van der Waals surface area contributed by atoms with Crippen LogP contribution < -0.4 is 5.32 Å². The average molecular weight is 263 g/mol. The minimum atomic E-state index is -0.597. The number of para-hydroxylation sites is 1. The molecule has 1 N–H and O–H groups in total. The highest BCUT2D eigenvalue weighted by molar-refractivity contribution is 5.84. The van der Waals surface area contributed by atoms with E-state index in [0.717, 1.165) is 6.08 Å². The minimum Gasteiger partial charge on any atom is -0.456 e. The van der Waals surface area contributed by atoms with Gasteiger partial charge >= 0.3 is 12.1 Å². The van der Waals surface area contributed by atoms with Crippen LogP contribution in [0.2, 0.25) is 0 Å². The summed E-state index contributed by atoms with van der Waals surface area (Å²) in [5, 5.41) is 2.57. The zero-order chi connectivity index (χ0) is 14.3. The summed E-state index contributed by atoms with van der Waals surface area (Å²) in [7, 11) is 0. The lowest BCUT2D eigenvalue weighted by Gasteiger charge is -2.20. The number of anilines is 1. The first-order chi connectivity index (χ1) is 9.02. The Hall–Kier alpha value is -2.30. The third-order valence-electron chi connectivity index (χ3n) is 2.44. The summed E-state index contributed by atoms with van der Waals surface area (Å²) in [5.41, 5.74) is 0.635. The topological polar surface area (TPSA) is 64.6 Å². The smallest absolute Gasteiger partial charge is 0.412 e. The molecular formula is C14H17NO4. The summed E-state index contributed by atoms with van der Waals surface area (Å²) in [6, 6.07) is 8.93. The van der Waals surface area contributed by atoms with Crippen LogP contribution in [-0.4, -0.2) is 24.3 Å². The Morgan fingerprint density at radius 1 is 1.16 bits per heavy atom. The molecule has 1 rings (SSSR count). The van der Waals surface area contributed by atoms with Crippen LogP contribution in [0.3, 0.4) is 0 Å². The second-order valence-electron chi connectivity index (χ2n) is 3.95. The molecule has 0 spiro atoms. The molecule has 19 heavy (non-hydrogen) atoms. The summed E-state index contributed by atoms with van der Waals surface area (Å²) < 4.78 is 10.1. The van der Waals surface area contributed by atoms with Crippen molar-refractivity contribution in [1.29, 1.82) is 0 Å². The number of amides is 1. The van der Waals surface area contributed by atoms with Crippen LogP contribution in [0.4, 0.5) is 10.5 Å². The van der Waals surface area contributed by atoms with E-state index in [2.05, 4.69) is 11.9 Å². The lowest BCUT2D eigenvalue weighted by atomic mass is 10.2. The summed E-state index contributed by atoms with van der Waals surface area (Å²) in [6.07, 6.45) is -0.646. The van der Waals surface area contributed by atoms with Crippen molar-refractivity contribution in [2.24, 2.45) is 0 Å². The van der Waals surface area contributed by atoms with E-state index in [4.69, 9.17) is 9.47 Å². The van der Waals surface area contributed by atoms with E-state index >= 15 is 0 Å². The third kappa shape index (κ3) is 5.25. The van der Waals surface area contributed by atoms with Gasteiger partial charge in [0.15, 0.2) is 0 Å². The highest BCUT2D eigenvalue weighted by Gasteiger charge is 2.19. The van der Waals surface area contributed by atoms with Gasteiger partial charge in [-0.2, -0.15) is 0 Å². The molecule has 0 aliphatic rings. The fourth-order valence-electron chi connectivity index (χ4n) is 1.26. The Morgan fingerprint density at radius 3 is 2.32 bits per heavy atom. The molecule has 5 heteroatoms. The first kappa shape index (κ1) is 14.8. The zero-order valence-corrected chi connectivity index (χ0v) is 11.0. The van der Waals surface area contributed by atoms with Crippen molar-refractivity contribution in [2.75, 3.05) is 5.32 Å². The number of hydrogen-bond acceptors (Lipinski definition) is 4. The molecule has 2 atom stereocenters. The summed E-state index contributed by atoms with van der Waals surface area (Å²) in [6.45, 7) is 6.58. The molecule has 0 bridgehead atoms. The van der Waals surface area contributed by atoms with Crippen LogP contribution in [0.5, 0.6) is 0 Å². The molecule has 1 amide bonds. The average Bonchev–Trinajstić information content (AvgIpc) is 2.39. The van der Waals surface area contributed by atoms with Gasteiger partial charge in [0, 0.05) is 11.8 Å². The Balaban J connectivity index is 2.43. The second kappa shape index (κ2) is 7.20. The van der Waals surface area contributed by atoms with Crippen molar-refractivity contribution in [1.82, 2.24) is 0 Å². The Bertz CT molecular complexity index is 444. The predicted octanol–water partition coefficient (Wildman–Crippen LogP) is 2.74. The molecule has 0 aromatic heterocycles. The normalized spacial score (nSPS) is 12.9. The van der Waals surface area contributed by atoms with Gasteiger partial charge in [0.1, 0.15) is 12.2 Å². The van der Waals surface area contributed by atoms with E-state index < -0.39 is 24.3 Å². The van der Waals surface area contributed by atoms with Gasteiger partial charge in [-0.25, -0.2) is 9.59 Å². The van der Waals surface area contributed by atoms with Gasteiger partial charge in [-0.3, -0.25) is 5.32 Å². The monoisotopic (exact) mass is 263 g/mol. The number of carbonyl (C=O) groups is 2. The van der Waals surface area contributed by atoms with E-state index in [0.29, 0.717) is 5.69 Å². The van der Waals surface area contributed by atoms with Gasteiger partial charge in [-0.05, 0) is 26.0 Å². The maximum atomic E-state index is 11.6. The largest absolute Gasteiger partial charge is 0.456 e. The molecule has 102 valence electrons. The highest BCUT2D eigenvalue weighted by Crippen LogP contribution is 2.08. The maximum absolute atomic E-state index is 11.6. The molecule has 0 saturated carbocycles. The maximum Gasteiger partial charge on any atom is 0.412 e. The Labute approximate surface area is 112 Å². The lowest BCUT2D eigenvalue weighted by molar-refractivity contribution is -0.146. The molecule has 0 heterocycles. The van der Waals surface area contributed by atoms with Gasteiger partial charge in [0.25, 0.3) is 0 Å². The third-order valence-corrected chi connectivity index (χ3v) is 2.44. The van der Waals surface area contributed by atoms with Gasteiger partial charge < -0.3 is 9.47 Å². The van der Waals surface area contributed by atoms with Crippen molar-refractivity contribution >= 4 is 17.7 Å². The van der Waals surface area contributed by atoms with Gasteiger partial charge in [0.2, 0.25) is 0 Å². The number of nitrogens with one attached hydrogen (secondary N) is 1. The summed E-state index contributed by atoms with van der Waals surface area (Å²) >= 11 is 0. The first-order valence-corrected chi connectivity index (χ1v) is 5.88. The SMILES string of the molecule is C=CC(=O)OC(C)C(C)OC(=O)Nc1ccccc1. The van der Waals surface area contributed by atoms with E-state index in [-0.39, 0.29) is 0 Å². The van der Waals surface area contributed by atoms with Crippen LogP contribution in [-0.2, 0) is 14.3 Å². The number of esters is 1. The minimum absolute atomic E-state index is 0.549. The van der Waals surface area contributed by atoms with Gasteiger partial charge in [-0.15, -0.1) is 0 Å². The van der Waals surface area contributed by atoms with Crippen LogP contribution in [0.15, 0.2) is 43.0 Å². The number of benzene rings is 1. The van der Waals surface area contributed by atoms with Crippen LogP contribution in [0.25, 0.3) is 0 Å².